The number of nitrogens with two attached hydrogens (primary N) is 1. The van der Waals surface area contributed by atoms with Gasteiger partial charge in [-0.05, 0) is 50.3 Å². The molecule has 1 aliphatic heterocycles. The van der Waals surface area contributed by atoms with E-state index in [9.17, 15) is 0 Å². The second-order valence-electron chi connectivity index (χ2n) is 6.07. The van der Waals surface area contributed by atoms with Gasteiger partial charge in [0.2, 0.25) is 0 Å². The zero-order valence-electron chi connectivity index (χ0n) is 12.6. The van der Waals surface area contributed by atoms with Crippen molar-refractivity contribution in [3.05, 3.63) is 35.4 Å². The molecule has 1 saturated heterocycles. The third-order valence-electron chi connectivity index (χ3n) is 4.55. The molecule has 2 heteroatoms. The fraction of sp³-hybridized carbons (Fsp3) is 0.647. The van der Waals surface area contributed by atoms with E-state index in [1.165, 1.54) is 36.9 Å². The molecular formula is C17H28N2. The van der Waals surface area contributed by atoms with Gasteiger partial charge in [-0.25, -0.2) is 0 Å². The summed E-state index contributed by atoms with van der Waals surface area (Å²) in [6.45, 7) is 9.02. The lowest BCUT2D eigenvalue weighted by Gasteiger charge is -2.25. The zero-order chi connectivity index (χ0) is 13.8. The lowest BCUT2D eigenvalue weighted by molar-refractivity contribution is 0.248. The first-order chi connectivity index (χ1) is 9.11. The van der Waals surface area contributed by atoms with Gasteiger partial charge in [-0.15, -0.1) is 0 Å². The summed E-state index contributed by atoms with van der Waals surface area (Å²) < 4.78 is 0. The second-order valence-corrected chi connectivity index (χ2v) is 6.07. The van der Waals surface area contributed by atoms with Gasteiger partial charge in [-0.3, -0.25) is 4.90 Å². The van der Waals surface area contributed by atoms with E-state index in [1.807, 2.05) is 0 Å². The molecule has 0 aliphatic carbocycles. The van der Waals surface area contributed by atoms with E-state index in [1.54, 1.807) is 0 Å². The maximum absolute atomic E-state index is 6.03. The van der Waals surface area contributed by atoms with Gasteiger partial charge in [0, 0.05) is 18.6 Å². The largest absolute Gasteiger partial charge is 0.328 e. The van der Waals surface area contributed by atoms with Gasteiger partial charge in [-0.2, -0.15) is 0 Å². The Labute approximate surface area is 118 Å². The van der Waals surface area contributed by atoms with Crippen molar-refractivity contribution < 1.29 is 0 Å². The molecule has 2 nitrogen and oxygen atoms in total. The standard InChI is InChI=1S/C17H28N2/c1-4-5-15-6-8-16(9-7-15)14(3)19-11-10-17(12-19)13(2)18/h6-9,13-14,17H,4-5,10-12,18H2,1-3H3. The summed E-state index contributed by atoms with van der Waals surface area (Å²) >= 11 is 0. The smallest absolute Gasteiger partial charge is 0.0320 e. The van der Waals surface area contributed by atoms with E-state index in [-0.39, 0.29) is 0 Å². The number of hydrogen-bond donors (Lipinski definition) is 1. The Morgan fingerprint density at radius 2 is 1.95 bits per heavy atom. The molecule has 0 saturated carbocycles. The van der Waals surface area contributed by atoms with Crippen molar-refractivity contribution in [3.63, 3.8) is 0 Å². The SMILES string of the molecule is CCCc1ccc(C(C)N2CCC(C(C)N)C2)cc1. The van der Waals surface area contributed by atoms with Crippen molar-refractivity contribution in [1.29, 1.82) is 0 Å². The number of likely N-dealkylation sites (tertiary alicyclic amines) is 1. The van der Waals surface area contributed by atoms with Crippen LogP contribution in [0, 0.1) is 5.92 Å². The first-order valence-corrected chi connectivity index (χ1v) is 7.70. The Bertz CT molecular complexity index is 383. The van der Waals surface area contributed by atoms with E-state index in [2.05, 4.69) is 49.9 Å². The normalized spacial score (nSPS) is 23.5. The third-order valence-corrected chi connectivity index (χ3v) is 4.55. The van der Waals surface area contributed by atoms with Gasteiger partial charge in [0.15, 0.2) is 0 Å². The van der Waals surface area contributed by atoms with Crippen LogP contribution in [0.5, 0.6) is 0 Å². The second kappa shape index (κ2) is 6.53. The van der Waals surface area contributed by atoms with Gasteiger partial charge in [0.25, 0.3) is 0 Å². The van der Waals surface area contributed by atoms with E-state index >= 15 is 0 Å². The molecule has 0 spiro atoms. The van der Waals surface area contributed by atoms with Crippen LogP contribution in [0.3, 0.4) is 0 Å². The van der Waals surface area contributed by atoms with Crippen LogP contribution >= 0.6 is 0 Å². The van der Waals surface area contributed by atoms with Crippen molar-refractivity contribution in [2.45, 2.75) is 52.1 Å². The number of aryl methyl sites for hydroxylation is 1. The molecule has 0 aromatic heterocycles. The summed E-state index contributed by atoms with van der Waals surface area (Å²) in [6, 6.07) is 10.0. The summed E-state index contributed by atoms with van der Waals surface area (Å²) in [6.07, 6.45) is 3.65. The van der Waals surface area contributed by atoms with Crippen LogP contribution in [-0.2, 0) is 6.42 Å². The van der Waals surface area contributed by atoms with Crippen LogP contribution in [0.25, 0.3) is 0 Å². The van der Waals surface area contributed by atoms with Crippen molar-refractivity contribution in [2.75, 3.05) is 13.1 Å². The summed E-state index contributed by atoms with van der Waals surface area (Å²) in [5.74, 6) is 0.668. The minimum Gasteiger partial charge on any atom is -0.328 e. The fourth-order valence-corrected chi connectivity index (χ4v) is 3.06. The number of nitrogens with zero attached hydrogens (tertiary/aromatic N) is 1. The van der Waals surface area contributed by atoms with Gasteiger partial charge < -0.3 is 5.73 Å². The molecule has 1 aromatic carbocycles. The highest BCUT2D eigenvalue weighted by atomic mass is 15.2. The number of hydrogen-bond acceptors (Lipinski definition) is 2. The molecule has 2 N–H and O–H groups in total. The first-order valence-electron chi connectivity index (χ1n) is 7.70. The molecule has 1 heterocycles. The van der Waals surface area contributed by atoms with Gasteiger partial charge in [0.05, 0.1) is 0 Å². The van der Waals surface area contributed by atoms with Crippen LogP contribution < -0.4 is 5.73 Å². The highest BCUT2D eigenvalue weighted by Crippen LogP contribution is 2.28. The summed E-state index contributed by atoms with van der Waals surface area (Å²) in [4.78, 5) is 2.57. The molecule has 0 bridgehead atoms. The summed E-state index contributed by atoms with van der Waals surface area (Å²) in [5, 5.41) is 0. The van der Waals surface area contributed by atoms with Crippen LogP contribution in [-0.4, -0.2) is 24.0 Å². The van der Waals surface area contributed by atoms with Crippen LogP contribution in [0.2, 0.25) is 0 Å². The van der Waals surface area contributed by atoms with Crippen molar-refractivity contribution in [3.8, 4) is 0 Å². The van der Waals surface area contributed by atoms with Crippen molar-refractivity contribution >= 4 is 0 Å². The Balaban J connectivity index is 1.98. The van der Waals surface area contributed by atoms with E-state index in [0.29, 0.717) is 18.0 Å². The van der Waals surface area contributed by atoms with Gasteiger partial charge >= 0.3 is 0 Å². The minimum atomic E-state index is 0.323. The third kappa shape index (κ3) is 3.58. The van der Waals surface area contributed by atoms with E-state index in [0.717, 1.165) is 6.54 Å². The molecule has 0 amide bonds. The summed E-state index contributed by atoms with van der Waals surface area (Å²) in [5.41, 5.74) is 8.91. The molecular weight excluding hydrogens is 232 g/mol. The van der Waals surface area contributed by atoms with Crippen LogP contribution in [0.15, 0.2) is 24.3 Å². The highest BCUT2D eigenvalue weighted by molar-refractivity contribution is 5.25. The van der Waals surface area contributed by atoms with Crippen molar-refractivity contribution in [1.82, 2.24) is 4.90 Å². The molecule has 3 unspecified atom stereocenters. The monoisotopic (exact) mass is 260 g/mol. The number of benzene rings is 1. The predicted octanol–water partition coefficient (Wildman–Crippen LogP) is 3.37. The average Bonchev–Trinajstić information content (AvgIpc) is 2.89. The van der Waals surface area contributed by atoms with Crippen LogP contribution in [0.1, 0.15) is 50.8 Å². The average molecular weight is 260 g/mol. The maximum atomic E-state index is 6.03. The van der Waals surface area contributed by atoms with Gasteiger partial charge in [0.1, 0.15) is 0 Å². The fourth-order valence-electron chi connectivity index (χ4n) is 3.06. The molecule has 19 heavy (non-hydrogen) atoms. The van der Waals surface area contributed by atoms with Crippen LogP contribution in [0.4, 0.5) is 0 Å². The first kappa shape index (κ1) is 14.5. The topological polar surface area (TPSA) is 29.3 Å². The summed E-state index contributed by atoms with van der Waals surface area (Å²) in [7, 11) is 0. The molecule has 106 valence electrons. The maximum Gasteiger partial charge on any atom is 0.0320 e. The molecule has 1 fully saturated rings. The quantitative estimate of drug-likeness (QED) is 0.879. The number of rotatable bonds is 5. The lowest BCUT2D eigenvalue weighted by atomic mass is 10.0. The molecule has 3 atom stereocenters. The molecule has 1 aromatic rings. The Morgan fingerprint density at radius 3 is 2.47 bits per heavy atom. The van der Waals surface area contributed by atoms with E-state index < -0.39 is 0 Å². The lowest BCUT2D eigenvalue weighted by Crippen LogP contribution is -2.30. The van der Waals surface area contributed by atoms with Gasteiger partial charge in [-0.1, -0.05) is 37.6 Å². The Morgan fingerprint density at radius 1 is 1.26 bits per heavy atom. The molecule has 2 rings (SSSR count). The molecule has 0 radical (unpaired) electrons. The highest BCUT2D eigenvalue weighted by Gasteiger charge is 2.28. The predicted molar refractivity (Wildman–Crippen MR) is 82.2 cm³/mol. The minimum absolute atomic E-state index is 0.323. The Kier molecular flexibility index (Phi) is 5.00. The zero-order valence-corrected chi connectivity index (χ0v) is 12.6. The molecule has 1 aliphatic rings. The Hall–Kier alpha value is -0.860. The van der Waals surface area contributed by atoms with Crippen molar-refractivity contribution in [2.24, 2.45) is 11.7 Å². The van der Waals surface area contributed by atoms with E-state index in [4.69, 9.17) is 5.73 Å².